The van der Waals surface area contributed by atoms with Gasteiger partial charge in [-0.15, -0.1) is 0 Å². The molecule has 25 heavy (non-hydrogen) atoms. The van der Waals surface area contributed by atoms with Gasteiger partial charge in [0.1, 0.15) is 6.04 Å². The van der Waals surface area contributed by atoms with Crippen LogP contribution in [0.1, 0.15) is 21.6 Å². The van der Waals surface area contributed by atoms with Crippen LogP contribution >= 0.6 is 11.8 Å². The summed E-state index contributed by atoms with van der Waals surface area (Å²) in [5, 5.41) is 10.5. The second-order valence-electron chi connectivity index (χ2n) is 6.73. The quantitative estimate of drug-likeness (QED) is 0.855. The fourth-order valence-electron chi connectivity index (χ4n) is 3.67. The number of likely N-dealkylation sites (N-methyl/N-ethyl adjacent to an activating group) is 1. The Hall–Kier alpha value is -1.99. The lowest BCUT2D eigenvalue weighted by molar-refractivity contribution is -0.144. The molecule has 132 valence electrons. The molecule has 1 fully saturated rings. The minimum absolute atomic E-state index is 0.0836. The molecule has 2 N–H and O–H groups in total. The number of aryl methyl sites for hydroxylation is 1. The number of carbonyl (C=O) groups is 2. The topological polar surface area (TPSA) is 76.6 Å². The minimum atomic E-state index is -0.882. The van der Waals surface area contributed by atoms with Gasteiger partial charge in [0.25, 0.3) is 5.91 Å². The molecule has 1 aromatic carbocycles. The van der Waals surface area contributed by atoms with Crippen LogP contribution in [0.25, 0.3) is 10.9 Å². The molecule has 0 radical (unpaired) electrons. The highest BCUT2D eigenvalue weighted by Crippen LogP contribution is 2.32. The van der Waals surface area contributed by atoms with E-state index in [9.17, 15) is 14.7 Å². The monoisotopic (exact) mass is 359 g/mol. The summed E-state index contributed by atoms with van der Waals surface area (Å²) in [6.07, 6.45) is 1.04. The van der Waals surface area contributed by atoms with E-state index in [-0.39, 0.29) is 12.5 Å². The van der Waals surface area contributed by atoms with Crippen LogP contribution in [0, 0.1) is 0 Å². The van der Waals surface area contributed by atoms with Crippen molar-refractivity contribution >= 4 is 34.5 Å². The fourth-order valence-corrected chi connectivity index (χ4v) is 4.70. The second-order valence-corrected chi connectivity index (χ2v) is 7.84. The summed E-state index contributed by atoms with van der Waals surface area (Å²) >= 11 is 1.92. The summed E-state index contributed by atoms with van der Waals surface area (Å²) in [5.74, 6) is 1.14. The number of rotatable bonds is 2. The van der Waals surface area contributed by atoms with Gasteiger partial charge in [0, 0.05) is 47.5 Å². The number of hydrogen-bond acceptors (Lipinski definition) is 4. The molecular weight excluding hydrogens is 338 g/mol. The Bertz CT molecular complexity index is 847. The Balaban J connectivity index is 1.63. The van der Waals surface area contributed by atoms with Crippen LogP contribution in [0.3, 0.4) is 0 Å². The summed E-state index contributed by atoms with van der Waals surface area (Å²) in [6, 6.07) is 5.13. The molecule has 0 spiro atoms. The van der Waals surface area contributed by atoms with Crippen LogP contribution in [-0.2, 0) is 17.0 Å². The van der Waals surface area contributed by atoms with Crippen LogP contribution in [0.5, 0.6) is 0 Å². The summed E-state index contributed by atoms with van der Waals surface area (Å²) in [4.78, 5) is 31.2. The van der Waals surface area contributed by atoms with Crippen molar-refractivity contribution in [3.8, 4) is 0 Å². The van der Waals surface area contributed by atoms with Gasteiger partial charge < -0.3 is 15.0 Å². The molecule has 2 aromatic rings. The number of H-pyrrole nitrogens is 1. The lowest BCUT2D eigenvalue weighted by Gasteiger charge is -2.37. The normalized spacial score (nSPS) is 21.3. The summed E-state index contributed by atoms with van der Waals surface area (Å²) < 4.78 is 0. The van der Waals surface area contributed by atoms with Gasteiger partial charge in [-0.25, -0.2) is 0 Å². The largest absolute Gasteiger partial charge is 0.480 e. The van der Waals surface area contributed by atoms with Crippen molar-refractivity contribution in [2.75, 3.05) is 32.4 Å². The van der Waals surface area contributed by atoms with E-state index in [0.717, 1.165) is 28.8 Å². The number of carbonyl (C=O) groups excluding carboxylic acids is 1. The molecular formula is C18H21N3O3S. The molecule has 7 heteroatoms. The maximum atomic E-state index is 12.9. The molecule has 6 nitrogen and oxygen atoms in total. The first-order valence-corrected chi connectivity index (χ1v) is 9.63. The van der Waals surface area contributed by atoms with E-state index in [4.69, 9.17) is 0 Å². The summed E-state index contributed by atoms with van der Waals surface area (Å²) in [6.45, 7) is 1.35. The number of carboxylic acids is 1. The Morgan fingerprint density at radius 1 is 1.32 bits per heavy atom. The molecule has 1 unspecified atom stereocenters. The van der Waals surface area contributed by atoms with Gasteiger partial charge in [0.15, 0.2) is 0 Å². The summed E-state index contributed by atoms with van der Waals surface area (Å²) in [7, 11) is 1.79. The predicted molar refractivity (Wildman–Crippen MR) is 98.1 cm³/mol. The number of piperazine rings is 1. The maximum Gasteiger partial charge on any atom is 0.322 e. The smallest absolute Gasteiger partial charge is 0.322 e. The van der Waals surface area contributed by atoms with E-state index in [1.165, 1.54) is 11.3 Å². The van der Waals surface area contributed by atoms with Crippen molar-refractivity contribution in [3.05, 3.63) is 35.0 Å². The van der Waals surface area contributed by atoms with Gasteiger partial charge >= 0.3 is 5.97 Å². The number of aromatic nitrogens is 1. The molecule has 3 heterocycles. The molecule has 1 saturated heterocycles. The first kappa shape index (κ1) is 16.5. The van der Waals surface area contributed by atoms with Gasteiger partial charge in [-0.2, -0.15) is 11.8 Å². The SMILES string of the molecule is CN1CCN(C(=O)c2ccc3[nH]c4c(c3c2)CSCC4)CC1C(=O)O. The van der Waals surface area contributed by atoms with Crippen molar-refractivity contribution in [1.29, 1.82) is 0 Å². The van der Waals surface area contributed by atoms with Crippen molar-refractivity contribution < 1.29 is 14.7 Å². The zero-order valence-corrected chi connectivity index (χ0v) is 14.9. The molecule has 4 rings (SSSR count). The highest BCUT2D eigenvalue weighted by atomic mass is 32.2. The van der Waals surface area contributed by atoms with Crippen LogP contribution in [0.4, 0.5) is 0 Å². The predicted octanol–water partition coefficient (Wildman–Crippen LogP) is 1.80. The Morgan fingerprint density at radius 3 is 2.96 bits per heavy atom. The number of benzene rings is 1. The van der Waals surface area contributed by atoms with Crippen molar-refractivity contribution in [2.24, 2.45) is 0 Å². The molecule has 0 bridgehead atoms. The maximum absolute atomic E-state index is 12.9. The van der Waals surface area contributed by atoms with Gasteiger partial charge in [-0.3, -0.25) is 14.5 Å². The molecule has 1 aromatic heterocycles. The number of fused-ring (bicyclic) bond motifs is 3. The van der Waals surface area contributed by atoms with E-state index >= 15 is 0 Å². The van der Waals surface area contributed by atoms with Crippen LogP contribution in [0.2, 0.25) is 0 Å². The summed E-state index contributed by atoms with van der Waals surface area (Å²) in [5.41, 5.74) is 4.30. The van der Waals surface area contributed by atoms with Gasteiger partial charge in [0.05, 0.1) is 0 Å². The zero-order chi connectivity index (χ0) is 17.6. The first-order valence-electron chi connectivity index (χ1n) is 8.48. The number of aromatic amines is 1. The highest BCUT2D eigenvalue weighted by molar-refractivity contribution is 7.98. The average molecular weight is 359 g/mol. The second kappa shape index (κ2) is 6.38. The van der Waals surface area contributed by atoms with Crippen molar-refractivity contribution in [1.82, 2.24) is 14.8 Å². The minimum Gasteiger partial charge on any atom is -0.480 e. The van der Waals surface area contributed by atoms with Crippen LogP contribution in [0.15, 0.2) is 18.2 Å². The Kier molecular flexibility index (Phi) is 4.21. The fraction of sp³-hybridized carbons (Fsp3) is 0.444. The highest BCUT2D eigenvalue weighted by Gasteiger charge is 2.32. The van der Waals surface area contributed by atoms with E-state index in [1.807, 2.05) is 30.0 Å². The van der Waals surface area contributed by atoms with Gasteiger partial charge in [-0.05, 0) is 43.0 Å². The number of carboxylic acid groups (broad SMARTS) is 1. The Morgan fingerprint density at radius 2 is 2.16 bits per heavy atom. The molecule has 0 saturated carbocycles. The molecule has 2 aliphatic heterocycles. The van der Waals surface area contributed by atoms with Gasteiger partial charge in [0.2, 0.25) is 0 Å². The van der Waals surface area contributed by atoms with Crippen LogP contribution in [-0.4, -0.2) is 70.2 Å². The third-order valence-electron chi connectivity index (χ3n) is 5.20. The number of nitrogens with one attached hydrogen (secondary N) is 1. The average Bonchev–Trinajstić information content (AvgIpc) is 2.99. The van der Waals surface area contributed by atoms with Gasteiger partial charge in [-0.1, -0.05) is 0 Å². The first-order chi connectivity index (χ1) is 12.0. The number of nitrogens with zero attached hydrogens (tertiary/aromatic N) is 2. The number of thioether (sulfide) groups is 1. The van der Waals surface area contributed by atoms with Crippen molar-refractivity contribution in [2.45, 2.75) is 18.2 Å². The zero-order valence-electron chi connectivity index (χ0n) is 14.1. The van der Waals surface area contributed by atoms with E-state index in [1.54, 1.807) is 16.8 Å². The van der Waals surface area contributed by atoms with E-state index in [2.05, 4.69) is 4.98 Å². The lowest BCUT2D eigenvalue weighted by atomic mass is 10.1. The lowest BCUT2D eigenvalue weighted by Crippen LogP contribution is -2.56. The third kappa shape index (κ3) is 2.91. The number of amides is 1. The molecule has 0 aliphatic carbocycles. The number of aliphatic carboxylic acids is 1. The Labute approximate surface area is 150 Å². The standard InChI is InChI=1S/C18H21N3O3S/c1-20-5-6-21(9-16(20)18(23)24)17(22)11-2-3-14-12(8-11)13-10-25-7-4-15(13)19-14/h2-3,8,16,19H,4-7,9-10H2,1H3,(H,23,24). The molecule has 1 atom stereocenters. The molecule has 2 aliphatic rings. The molecule has 1 amide bonds. The van der Waals surface area contributed by atoms with E-state index < -0.39 is 12.0 Å². The van der Waals surface area contributed by atoms with E-state index in [0.29, 0.717) is 18.7 Å². The number of hydrogen-bond donors (Lipinski definition) is 2. The van der Waals surface area contributed by atoms with Crippen molar-refractivity contribution in [3.63, 3.8) is 0 Å². The van der Waals surface area contributed by atoms with Crippen LogP contribution < -0.4 is 0 Å². The third-order valence-corrected chi connectivity index (χ3v) is 6.19.